The minimum absolute atomic E-state index is 1.17. The second-order valence-corrected chi connectivity index (χ2v) is 14.0. The zero-order valence-corrected chi connectivity index (χ0v) is 29.0. The third kappa shape index (κ3) is 4.58. The molecule has 0 radical (unpaired) electrons. The smallest absolute Gasteiger partial charge is 0.0619 e. The van der Waals surface area contributed by atoms with Gasteiger partial charge in [0.15, 0.2) is 0 Å². The average Bonchev–Trinajstić information content (AvgIpc) is 3.57. The van der Waals surface area contributed by atoms with Crippen LogP contribution in [0.25, 0.3) is 104 Å². The van der Waals surface area contributed by atoms with Crippen molar-refractivity contribution in [1.29, 1.82) is 0 Å². The average molecular weight is 672 g/mol. The Morgan fingerprint density at radius 3 is 1.40 bits per heavy atom. The Balaban J connectivity index is 1.16. The molecule has 0 atom stereocenters. The Morgan fingerprint density at radius 1 is 0.283 bits per heavy atom. The van der Waals surface area contributed by atoms with Crippen LogP contribution in [0.2, 0.25) is 0 Å². The first-order chi connectivity index (χ1) is 26.3. The van der Waals surface area contributed by atoms with Gasteiger partial charge in [0, 0.05) is 21.8 Å². The lowest BCUT2D eigenvalue weighted by molar-refractivity contribution is 1.19. The highest BCUT2D eigenvalue weighted by Crippen LogP contribution is 2.46. The summed E-state index contributed by atoms with van der Waals surface area (Å²) in [6.45, 7) is 0. The van der Waals surface area contributed by atoms with Crippen molar-refractivity contribution in [3.63, 3.8) is 0 Å². The largest absolute Gasteiger partial charge is 0.309 e. The fourth-order valence-electron chi connectivity index (χ4n) is 8.81. The molecule has 1 heterocycles. The highest BCUT2D eigenvalue weighted by molar-refractivity contribution is 6.24. The molecule has 0 amide bonds. The van der Waals surface area contributed by atoms with Gasteiger partial charge in [-0.05, 0) is 107 Å². The lowest BCUT2D eigenvalue weighted by atomic mass is 9.84. The summed E-state index contributed by atoms with van der Waals surface area (Å²) >= 11 is 0. The third-order valence-corrected chi connectivity index (χ3v) is 11.1. The van der Waals surface area contributed by atoms with Gasteiger partial charge in [-0.25, -0.2) is 0 Å². The van der Waals surface area contributed by atoms with E-state index in [9.17, 15) is 0 Å². The molecule has 0 aliphatic heterocycles. The third-order valence-electron chi connectivity index (χ3n) is 11.1. The van der Waals surface area contributed by atoms with Gasteiger partial charge < -0.3 is 4.57 Å². The summed E-state index contributed by atoms with van der Waals surface area (Å²) < 4.78 is 2.43. The molecule has 53 heavy (non-hydrogen) atoms. The second kappa shape index (κ2) is 11.8. The highest BCUT2D eigenvalue weighted by Gasteiger charge is 2.20. The maximum atomic E-state index is 2.43. The topological polar surface area (TPSA) is 4.93 Å². The van der Waals surface area contributed by atoms with Gasteiger partial charge in [0.05, 0.1) is 11.0 Å². The summed E-state index contributed by atoms with van der Waals surface area (Å²) in [5.74, 6) is 0. The lowest BCUT2D eigenvalue weighted by Crippen LogP contribution is -1.94. The molecule has 0 aliphatic carbocycles. The van der Waals surface area contributed by atoms with Crippen molar-refractivity contribution in [3.05, 3.63) is 200 Å². The molecule has 0 saturated heterocycles. The standard InChI is InChI=1S/C52H33N/c1-3-15-35(16-4-1)50-42-23-10-11-24-43(42)51(47-32-38-18-8-7-17-37(38)31-46(47)50)36-29-27-34(28-30-36)45-33-48-41-22-13-14-26-49(41)53(39-19-5-2-6-20-39)52(48)44-25-12-9-21-40(44)45/h1-33H. The van der Waals surface area contributed by atoms with Crippen molar-refractivity contribution in [2.75, 3.05) is 0 Å². The van der Waals surface area contributed by atoms with Crippen LogP contribution in [0.1, 0.15) is 0 Å². The molecule has 0 saturated carbocycles. The Labute approximate surface area is 307 Å². The van der Waals surface area contributed by atoms with Crippen molar-refractivity contribution in [1.82, 2.24) is 4.57 Å². The number of fused-ring (bicyclic) bond motifs is 8. The molecule has 1 nitrogen and oxygen atoms in total. The fourth-order valence-corrected chi connectivity index (χ4v) is 8.81. The van der Waals surface area contributed by atoms with Crippen LogP contribution in [0, 0.1) is 0 Å². The van der Waals surface area contributed by atoms with E-state index in [2.05, 4.69) is 205 Å². The molecule has 11 aromatic rings. The molecule has 10 aromatic carbocycles. The van der Waals surface area contributed by atoms with Crippen LogP contribution in [0.4, 0.5) is 0 Å². The van der Waals surface area contributed by atoms with E-state index < -0.39 is 0 Å². The fraction of sp³-hybridized carbons (Fsp3) is 0. The van der Waals surface area contributed by atoms with Gasteiger partial charge >= 0.3 is 0 Å². The van der Waals surface area contributed by atoms with Crippen LogP contribution in [-0.2, 0) is 0 Å². The van der Waals surface area contributed by atoms with E-state index in [1.165, 1.54) is 104 Å². The molecular weight excluding hydrogens is 639 g/mol. The summed E-state index contributed by atoms with van der Waals surface area (Å²) in [5, 5.41) is 12.6. The normalized spacial score (nSPS) is 11.8. The quantitative estimate of drug-likeness (QED) is 0.164. The van der Waals surface area contributed by atoms with Crippen LogP contribution < -0.4 is 0 Å². The van der Waals surface area contributed by atoms with E-state index in [4.69, 9.17) is 0 Å². The molecule has 246 valence electrons. The summed E-state index contributed by atoms with van der Waals surface area (Å²) in [6, 6.07) is 73.5. The number of nitrogens with zero attached hydrogens (tertiary/aromatic N) is 1. The molecule has 11 rings (SSSR count). The Bertz CT molecular complexity index is 3190. The van der Waals surface area contributed by atoms with Crippen LogP contribution in [0.5, 0.6) is 0 Å². The van der Waals surface area contributed by atoms with Gasteiger partial charge in [-0.3, -0.25) is 0 Å². The molecular formula is C52H33N. The monoisotopic (exact) mass is 671 g/mol. The minimum Gasteiger partial charge on any atom is -0.309 e. The second-order valence-electron chi connectivity index (χ2n) is 14.0. The highest BCUT2D eigenvalue weighted by atomic mass is 15.0. The summed E-state index contributed by atoms with van der Waals surface area (Å²) in [6.07, 6.45) is 0. The number of benzene rings is 10. The van der Waals surface area contributed by atoms with Gasteiger partial charge in [-0.15, -0.1) is 0 Å². The molecule has 0 N–H and O–H groups in total. The zero-order valence-electron chi connectivity index (χ0n) is 29.0. The molecule has 0 unspecified atom stereocenters. The van der Waals surface area contributed by atoms with Crippen LogP contribution in [0.3, 0.4) is 0 Å². The number of para-hydroxylation sites is 2. The maximum Gasteiger partial charge on any atom is 0.0619 e. The van der Waals surface area contributed by atoms with E-state index in [0.29, 0.717) is 0 Å². The SMILES string of the molecule is c1ccc(-c2c3ccccc3c(-c3ccc(-c4cc5c6ccccc6n(-c6ccccc6)c5c5ccccc45)cc3)c3cc4ccccc4cc23)cc1. The Morgan fingerprint density at radius 2 is 0.755 bits per heavy atom. The summed E-state index contributed by atoms with van der Waals surface area (Å²) in [7, 11) is 0. The van der Waals surface area contributed by atoms with E-state index in [1.54, 1.807) is 0 Å². The number of aromatic nitrogens is 1. The molecule has 0 aliphatic rings. The molecule has 1 heteroatoms. The van der Waals surface area contributed by atoms with Gasteiger partial charge in [0.2, 0.25) is 0 Å². The summed E-state index contributed by atoms with van der Waals surface area (Å²) in [4.78, 5) is 0. The first-order valence-electron chi connectivity index (χ1n) is 18.4. The Kier molecular flexibility index (Phi) is 6.62. The van der Waals surface area contributed by atoms with Gasteiger partial charge in [0.1, 0.15) is 0 Å². The van der Waals surface area contributed by atoms with Crippen molar-refractivity contribution in [2.24, 2.45) is 0 Å². The van der Waals surface area contributed by atoms with E-state index in [-0.39, 0.29) is 0 Å². The van der Waals surface area contributed by atoms with Crippen molar-refractivity contribution < 1.29 is 0 Å². The van der Waals surface area contributed by atoms with E-state index in [0.717, 1.165) is 0 Å². The summed E-state index contributed by atoms with van der Waals surface area (Å²) in [5.41, 5.74) is 11.1. The van der Waals surface area contributed by atoms with Crippen LogP contribution in [-0.4, -0.2) is 4.57 Å². The molecule has 0 fully saturated rings. The predicted octanol–water partition coefficient (Wildman–Crippen LogP) is 14.4. The van der Waals surface area contributed by atoms with E-state index in [1.807, 2.05) is 0 Å². The van der Waals surface area contributed by atoms with Gasteiger partial charge in [-0.2, -0.15) is 0 Å². The van der Waals surface area contributed by atoms with Crippen LogP contribution >= 0.6 is 0 Å². The zero-order chi connectivity index (χ0) is 34.9. The molecule has 0 spiro atoms. The van der Waals surface area contributed by atoms with Crippen LogP contribution in [0.15, 0.2) is 200 Å². The molecule has 1 aromatic heterocycles. The van der Waals surface area contributed by atoms with Gasteiger partial charge in [0.25, 0.3) is 0 Å². The number of hydrogen-bond donors (Lipinski definition) is 0. The lowest BCUT2D eigenvalue weighted by Gasteiger charge is -2.19. The number of hydrogen-bond acceptors (Lipinski definition) is 0. The van der Waals surface area contributed by atoms with Gasteiger partial charge in [-0.1, -0.05) is 164 Å². The van der Waals surface area contributed by atoms with Crippen molar-refractivity contribution in [2.45, 2.75) is 0 Å². The van der Waals surface area contributed by atoms with Crippen molar-refractivity contribution in [3.8, 4) is 39.1 Å². The first kappa shape index (κ1) is 29.7. The number of rotatable bonds is 4. The predicted molar refractivity (Wildman–Crippen MR) is 227 cm³/mol. The van der Waals surface area contributed by atoms with Crippen molar-refractivity contribution >= 4 is 64.9 Å². The first-order valence-corrected chi connectivity index (χ1v) is 18.4. The maximum absolute atomic E-state index is 2.43. The minimum atomic E-state index is 1.17. The molecule has 0 bridgehead atoms. The van der Waals surface area contributed by atoms with E-state index >= 15 is 0 Å². The Hall–Kier alpha value is -6.96.